The van der Waals surface area contributed by atoms with Gasteiger partial charge in [-0.1, -0.05) is 12.8 Å². The Labute approximate surface area is 82.3 Å². The van der Waals surface area contributed by atoms with Crippen LogP contribution in [-0.2, 0) is 0 Å². The monoisotopic (exact) mass is 179 g/mol. The highest BCUT2D eigenvalue weighted by molar-refractivity contribution is 4.85. The molecule has 1 nitrogen and oxygen atoms in total. The molecule has 1 N–H and O–H groups in total. The summed E-state index contributed by atoms with van der Waals surface area (Å²) in [6.45, 7) is 0. The van der Waals surface area contributed by atoms with Crippen LogP contribution in [0.4, 0.5) is 0 Å². The fraction of sp³-hybridized carbons (Fsp3) is 0.833. The summed E-state index contributed by atoms with van der Waals surface area (Å²) in [5, 5.41) is 3.43. The Bertz CT molecular complexity index is 162. The maximum atomic E-state index is 5.24. The molecule has 13 heavy (non-hydrogen) atoms. The van der Waals surface area contributed by atoms with E-state index in [-0.39, 0.29) is 0 Å². The van der Waals surface area contributed by atoms with Crippen molar-refractivity contribution < 1.29 is 0 Å². The molecule has 1 saturated carbocycles. The summed E-state index contributed by atoms with van der Waals surface area (Å²) in [4.78, 5) is 0. The highest BCUT2D eigenvalue weighted by Gasteiger charge is 2.22. The van der Waals surface area contributed by atoms with Gasteiger partial charge in [-0.3, -0.25) is 0 Å². The largest absolute Gasteiger partial charge is 0.317 e. The first-order valence-corrected chi connectivity index (χ1v) is 5.49. The van der Waals surface area contributed by atoms with Gasteiger partial charge in [-0.25, -0.2) is 0 Å². The molecule has 0 aromatic carbocycles. The summed E-state index contributed by atoms with van der Waals surface area (Å²) >= 11 is 0. The van der Waals surface area contributed by atoms with Crippen LogP contribution in [0.5, 0.6) is 0 Å². The molecule has 0 spiro atoms. The average Bonchev–Trinajstić information content (AvgIpc) is 2.65. The predicted octanol–water partition coefficient (Wildman–Crippen LogP) is 2.57. The third-order valence-corrected chi connectivity index (χ3v) is 3.18. The van der Waals surface area contributed by atoms with E-state index >= 15 is 0 Å². The van der Waals surface area contributed by atoms with Crippen LogP contribution in [-0.4, -0.2) is 13.1 Å². The van der Waals surface area contributed by atoms with Crippen molar-refractivity contribution in [3.63, 3.8) is 0 Å². The number of terminal acetylenes is 1. The quantitative estimate of drug-likeness (QED) is 0.505. The van der Waals surface area contributed by atoms with Gasteiger partial charge in [-0.2, -0.15) is 0 Å². The van der Waals surface area contributed by atoms with Crippen LogP contribution in [0.1, 0.15) is 44.9 Å². The molecule has 1 fully saturated rings. The SMILES string of the molecule is C#CCCCC(NC)C1CCCC1. The predicted molar refractivity (Wildman–Crippen MR) is 57.5 cm³/mol. The summed E-state index contributed by atoms with van der Waals surface area (Å²) in [5.41, 5.74) is 0. The summed E-state index contributed by atoms with van der Waals surface area (Å²) in [6, 6.07) is 0.718. The summed E-state index contributed by atoms with van der Waals surface area (Å²) < 4.78 is 0. The Balaban J connectivity index is 2.21. The fourth-order valence-corrected chi connectivity index (χ4v) is 2.40. The van der Waals surface area contributed by atoms with Crippen molar-refractivity contribution in [3.05, 3.63) is 0 Å². The van der Waals surface area contributed by atoms with Crippen molar-refractivity contribution in [2.75, 3.05) is 7.05 Å². The van der Waals surface area contributed by atoms with Crippen LogP contribution >= 0.6 is 0 Å². The molecule has 1 aliphatic carbocycles. The maximum absolute atomic E-state index is 5.24. The fourth-order valence-electron chi connectivity index (χ4n) is 2.40. The minimum absolute atomic E-state index is 0.718. The molecule has 0 amide bonds. The van der Waals surface area contributed by atoms with Crippen molar-refractivity contribution in [2.45, 2.75) is 51.0 Å². The van der Waals surface area contributed by atoms with E-state index in [0.717, 1.165) is 18.4 Å². The molecule has 1 heteroatoms. The summed E-state index contributed by atoms with van der Waals surface area (Å²) in [6.07, 6.45) is 14.3. The molecule has 0 aromatic rings. The van der Waals surface area contributed by atoms with Crippen molar-refractivity contribution >= 4 is 0 Å². The zero-order valence-electron chi connectivity index (χ0n) is 8.68. The van der Waals surface area contributed by atoms with Crippen LogP contribution in [0.25, 0.3) is 0 Å². The first-order valence-electron chi connectivity index (χ1n) is 5.49. The highest BCUT2D eigenvalue weighted by Crippen LogP contribution is 2.29. The third-order valence-electron chi connectivity index (χ3n) is 3.18. The van der Waals surface area contributed by atoms with Gasteiger partial charge in [0.15, 0.2) is 0 Å². The van der Waals surface area contributed by atoms with E-state index in [1.54, 1.807) is 0 Å². The molecule has 0 aliphatic heterocycles. The molecule has 1 atom stereocenters. The molecule has 0 bridgehead atoms. The van der Waals surface area contributed by atoms with Crippen molar-refractivity contribution in [1.29, 1.82) is 0 Å². The minimum atomic E-state index is 0.718. The Hall–Kier alpha value is -0.480. The van der Waals surface area contributed by atoms with Gasteiger partial charge in [-0.05, 0) is 38.6 Å². The van der Waals surface area contributed by atoms with E-state index in [2.05, 4.69) is 18.3 Å². The van der Waals surface area contributed by atoms with Crippen LogP contribution in [0, 0.1) is 18.3 Å². The van der Waals surface area contributed by atoms with Gasteiger partial charge < -0.3 is 5.32 Å². The van der Waals surface area contributed by atoms with Crippen LogP contribution < -0.4 is 5.32 Å². The topological polar surface area (TPSA) is 12.0 Å². The third kappa shape index (κ3) is 3.40. The van der Waals surface area contributed by atoms with Gasteiger partial charge in [0.05, 0.1) is 0 Å². The summed E-state index contributed by atoms with van der Waals surface area (Å²) in [5.74, 6) is 3.63. The Morgan fingerprint density at radius 2 is 2.15 bits per heavy atom. The lowest BCUT2D eigenvalue weighted by molar-refractivity contribution is 0.354. The minimum Gasteiger partial charge on any atom is -0.317 e. The Kier molecular flexibility index (Phi) is 4.93. The van der Waals surface area contributed by atoms with Crippen molar-refractivity contribution in [3.8, 4) is 12.3 Å². The second-order valence-corrected chi connectivity index (χ2v) is 4.04. The molecule has 1 aliphatic rings. The second-order valence-electron chi connectivity index (χ2n) is 4.04. The molecule has 0 radical (unpaired) electrons. The lowest BCUT2D eigenvalue weighted by atomic mass is 9.94. The summed E-state index contributed by atoms with van der Waals surface area (Å²) in [7, 11) is 2.08. The number of unbranched alkanes of at least 4 members (excludes halogenated alkanes) is 1. The molecule has 0 saturated heterocycles. The van der Waals surface area contributed by atoms with E-state index in [1.807, 2.05) is 0 Å². The average molecular weight is 179 g/mol. The van der Waals surface area contributed by atoms with Gasteiger partial charge in [0.25, 0.3) is 0 Å². The number of rotatable bonds is 5. The van der Waals surface area contributed by atoms with Crippen molar-refractivity contribution in [1.82, 2.24) is 5.32 Å². The lowest BCUT2D eigenvalue weighted by Crippen LogP contribution is -2.32. The molecule has 1 unspecified atom stereocenters. The smallest absolute Gasteiger partial charge is 0.00926 e. The van der Waals surface area contributed by atoms with E-state index in [9.17, 15) is 0 Å². The van der Waals surface area contributed by atoms with E-state index in [0.29, 0.717) is 0 Å². The zero-order valence-corrected chi connectivity index (χ0v) is 8.68. The van der Waals surface area contributed by atoms with Gasteiger partial charge in [0.1, 0.15) is 0 Å². The number of hydrogen-bond acceptors (Lipinski definition) is 1. The van der Waals surface area contributed by atoms with Gasteiger partial charge in [0.2, 0.25) is 0 Å². The molecule has 74 valence electrons. The maximum Gasteiger partial charge on any atom is 0.00926 e. The van der Waals surface area contributed by atoms with E-state index < -0.39 is 0 Å². The normalized spacial score (nSPS) is 20.0. The Morgan fingerprint density at radius 3 is 2.69 bits per heavy atom. The van der Waals surface area contributed by atoms with Crippen LogP contribution in [0.3, 0.4) is 0 Å². The molecular weight excluding hydrogens is 158 g/mol. The molecule has 0 aromatic heterocycles. The van der Waals surface area contributed by atoms with Crippen LogP contribution in [0.15, 0.2) is 0 Å². The number of nitrogens with one attached hydrogen (secondary N) is 1. The number of hydrogen-bond donors (Lipinski definition) is 1. The van der Waals surface area contributed by atoms with E-state index in [1.165, 1.54) is 38.5 Å². The standard InChI is InChI=1S/C12H21N/c1-3-4-5-10-12(13-2)11-8-6-7-9-11/h1,11-13H,4-10H2,2H3. The second kappa shape index (κ2) is 6.05. The molecule has 0 heterocycles. The first-order chi connectivity index (χ1) is 6.38. The first kappa shape index (κ1) is 10.6. The van der Waals surface area contributed by atoms with E-state index in [4.69, 9.17) is 6.42 Å². The molecular formula is C12H21N. The van der Waals surface area contributed by atoms with Crippen molar-refractivity contribution in [2.24, 2.45) is 5.92 Å². The Morgan fingerprint density at radius 1 is 1.46 bits per heavy atom. The van der Waals surface area contributed by atoms with Crippen LogP contribution in [0.2, 0.25) is 0 Å². The van der Waals surface area contributed by atoms with Gasteiger partial charge >= 0.3 is 0 Å². The zero-order chi connectivity index (χ0) is 9.52. The van der Waals surface area contributed by atoms with Gasteiger partial charge in [0, 0.05) is 12.5 Å². The lowest BCUT2D eigenvalue weighted by Gasteiger charge is -2.22. The molecule has 1 rings (SSSR count). The van der Waals surface area contributed by atoms with Gasteiger partial charge in [-0.15, -0.1) is 12.3 Å². The highest BCUT2D eigenvalue weighted by atomic mass is 14.9.